The summed E-state index contributed by atoms with van der Waals surface area (Å²) in [6.07, 6.45) is 4.25. The van der Waals surface area contributed by atoms with Crippen molar-refractivity contribution < 1.29 is 4.79 Å². The van der Waals surface area contributed by atoms with Crippen molar-refractivity contribution in [1.82, 2.24) is 14.7 Å². The molecule has 0 atom stereocenters. The smallest absolute Gasteiger partial charge is 0.224 e. The van der Waals surface area contributed by atoms with Gasteiger partial charge < -0.3 is 9.72 Å². The van der Waals surface area contributed by atoms with Crippen LogP contribution in [-0.4, -0.2) is 15.3 Å². The minimum atomic E-state index is -0.000522. The molecular formula is C16H14BrN3O. The minimum Gasteiger partial charge on any atom is -0.350 e. The van der Waals surface area contributed by atoms with Crippen LogP contribution in [-0.2, 0) is 17.8 Å². The maximum absolute atomic E-state index is 11.9. The van der Waals surface area contributed by atoms with Crippen LogP contribution in [0, 0.1) is 0 Å². The topological polar surface area (TPSA) is 46.4 Å². The molecule has 1 N–H and O–H groups in total. The molecule has 0 unspecified atom stereocenters. The molecule has 0 aliphatic rings. The summed E-state index contributed by atoms with van der Waals surface area (Å²) in [4.78, 5) is 16.4. The molecular weight excluding hydrogens is 330 g/mol. The van der Waals surface area contributed by atoms with Gasteiger partial charge in [0.25, 0.3) is 0 Å². The SMILES string of the molecule is O=C(Cc1ccccc1)NCc1cn2cc(Br)ccc2n1. The van der Waals surface area contributed by atoms with Gasteiger partial charge in [0.05, 0.1) is 18.7 Å². The summed E-state index contributed by atoms with van der Waals surface area (Å²) < 4.78 is 2.93. The van der Waals surface area contributed by atoms with Gasteiger partial charge in [-0.3, -0.25) is 4.79 Å². The van der Waals surface area contributed by atoms with Crippen LogP contribution < -0.4 is 5.32 Å². The summed E-state index contributed by atoms with van der Waals surface area (Å²) >= 11 is 3.42. The number of rotatable bonds is 4. The highest BCUT2D eigenvalue weighted by atomic mass is 79.9. The zero-order valence-electron chi connectivity index (χ0n) is 11.3. The molecule has 0 aliphatic heterocycles. The number of pyridine rings is 1. The molecule has 1 aromatic carbocycles. The highest BCUT2D eigenvalue weighted by molar-refractivity contribution is 9.10. The standard InChI is InChI=1S/C16H14BrN3O/c17-13-6-7-15-19-14(11-20(15)10-13)9-18-16(21)8-12-4-2-1-3-5-12/h1-7,10-11H,8-9H2,(H,18,21). The van der Waals surface area contributed by atoms with Crippen LogP contribution in [0.15, 0.2) is 59.3 Å². The predicted molar refractivity (Wildman–Crippen MR) is 84.9 cm³/mol. The fourth-order valence-electron chi connectivity index (χ4n) is 2.14. The Morgan fingerprint density at radius 3 is 2.76 bits per heavy atom. The zero-order valence-corrected chi connectivity index (χ0v) is 12.9. The molecule has 2 heterocycles. The first kappa shape index (κ1) is 13.8. The summed E-state index contributed by atoms with van der Waals surface area (Å²) in [5, 5.41) is 2.90. The van der Waals surface area contributed by atoms with Crippen molar-refractivity contribution in [2.24, 2.45) is 0 Å². The molecule has 2 aromatic heterocycles. The first-order valence-electron chi connectivity index (χ1n) is 6.64. The number of hydrogen-bond donors (Lipinski definition) is 1. The molecule has 0 spiro atoms. The molecule has 0 fully saturated rings. The van der Waals surface area contributed by atoms with Crippen LogP contribution >= 0.6 is 15.9 Å². The Bertz CT molecular complexity index is 768. The van der Waals surface area contributed by atoms with Crippen LogP contribution in [0.4, 0.5) is 0 Å². The number of imidazole rings is 1. The van der Waals surface area contributed by atoms with Crippen molar-refractivity contribution in [2.75, 3.05) is 0 Å². The molecule has 0 bridgehead atoms. The van der Waals surface area contributed by atoms with E-state index in [1.807, 2.05) is 59.3 Å². The van der Waals surface area contributed by atoms with E-state index in [9.17, 15) is 4.79 Å². The first-order chi connectivity index (χ1) is 10.2. The summed E-state index contributed by atoms with van der Waals surface area (Å²) in [6, 6.07) is 13.6. The van der Waals surface area contributed by atoms with E-state index in [1.165, 1.54) is 0 Å². The summed E-state index contributed by atoms with van der Waals surface area (Å²) in [5.74, 6) is -0.000522. The summed E-state index contributed by atoms with van der Waals surface area (Å²) in [6.45, 7) is 0.435. The molecule has 4 nitrogen and oxygen atoms in total. The molecule has 21 heavy (non-hydrogen) atoms. The molecule has 106 valence electrons. The number of aromatic nitrogens is 2. The number of halogens is 1. The van der Waals surface area contributed by atoms with Crippen LogP contribution in [0.5, 0.6) is 0 Å². The zero-order chi connectivity index (χ0) is 14.7. The number of nitrogens with one attached hydrogen (secondary N) is 1. The van der Waals surface area contributed by atoms with Crippen molar-refractivity contribution in [3.63, 3.8) is 0 Å². The number of hydrogen-bond acceptors (Lipinski definition) is 2. The molecule has 5 heteroatoms. The fourth-order valence-corrected chi connectivity index (χ4v) is 2.49. The fraction of sp³-hybridized carbons (Fsp3) is 0.125. The van der Waals surface area contributed by atoms with E-state index in [-0.39, 0.29) is 5.91 Å². The highest BCUT2D eigenvalue weighted by Gasteiger charge is 2.05. The molecule has 1 amide bonds. The van der Waals surface area contributed by atoms with Gasteiger partial charge in [-0.2, -0.15) is 0 Å². The lowest BCUT2D eigenvalue weighted by Gasteiger charge is -2.03. The van der Waals surface area contributed by atoms with Crippen LogP contribution in [0.1, 0.15) is 11.3 Å². The third kappa shape index (κ3) is 3.49. The first-order valence-corrected chi connectivity index (χ1v) is 7.44. The highest BCUT2D eigenvalue weighted by Crippen LogP contribution is 2.12. The van der Waals surface area contributed by atoms with Crippen LogP contribution in [0.2, 0.25) is 0 Å². The van der Waals surface area contributed by atoms with Gasteiger partial charge in [-0.1, -0.05) is 30.3 Å². The van der Waals surface area contributed by atoms with E-state index >= 15 is 0 Å². The minimum absolute atomic E-state index is 0.000522. The lowest BCUT2D eigenvalue weighted by molar-refractivity contribution is -0.120. The third-order valence-corrected chi connectivity index (χ3v) is 3.61. The van der Waals surface area contributed by atoms with Gasteiger partial charge in [-0.15, -0.1) is 0 Å². The Labute approximate surface area is 131 Å². The normalized spacial score (nSPS) is 10.7. The van der Waals surface area contributed by atoms with Gasteiger partial charge in [0.15, 0.2) is 0 Å². The number of amides is 1. The second-order valence-corrected chi connectivity index (χ2v) is 5.70. The Balaban J connectivity index is 1.62. The lowest BCUT2D eigenvalue weighted by Crippen LogP contribution is -2.24. The second kappa shape index (κ2) is 6.10. The predicted octanol–water partition coefficient (Wildman–Crippen LogP) is 2.96. The Kier molecular flexibility index (Phi) is 4.01. The van der Waals surface area contributed by atoms with Gasteiger partial charge in [0, 0.05) is 16.9 Å². The van der Waals surface area contributed by atoms with E-state index in [4.69, 9.17) is 0 Å². The van der Waals surface area contributed by atoms with Crippen molar-refractivity contribution in [2.45, 2.75) is 13.0 Å². The number of carbonyl (C=O) groups is 1. The second-order valence-electron chi connectivity index (χ2n) is 4.78. The molecule has 0 saturated heterocycles. The lowest BCUT2D eigenvalue weighted by atomic mass is 10.1. The number of fused-ring (bicyclic) bond motifs is 1. The van der Waals surface area contributed by atoms with E-state index in [2.05, 4.69) is 26.2 Å². The molecule has 3 aromatic rings. The average molecular weight is 344 g/mol. The maximum atomic E-state index is 11.9. The summed E-state index contributed by atoms with van der Waals surface area (Å²) in [7, 11) is 0. The number of carbonyl (C=O) groups excluding carboxylic acids is 1. The summed E-state index contributed by atoms with van der Waals surface area (Å²) in [5.41, 5.74) is 2.72. The quantitative estimate of drug-likeness (QED) is 0.791. The van der Waals surface area contributed by atoms with E-state index < -0.39 is 0 Å². The Morgan fingerprint density at radius 2 is 1.95 bits per heavy atom. The van der Waals surface area contributed by atoms with E-state index in [0.29, 0.717) is 13.0 Å². The van der Waals surface area contributed by atoms with Crippen LogP contribution in [0.3, 0.4) is 0 Å². The molecule has 0 radical (unpaired) electrons. The van der Waals surface area contributed by atoms with Crippen LogP contribution in [0.25, 0.3) is 5.65 Å². The molecule has 3 rings (SSSR count). The third-order valence-electron chi connectivity index (χ3n) is 3.14. The molecule has 0 aliphatic carbocycles. The van der Waals surface area contributed by atoms with Gasteiger partial charge in [-0.25, -0.2) is 4.98 Å². The number of benzene rings is 1. The monoisotopic (exact) mass is 343 g/mol. The van der Waals surface area contributed by atoms with Gasteiger partial charge in [0.1, 0.15) is 5.65 Å². The Morgan fingerprint density at radius 1 is 1.14 bits per heavy atom. The number of nitrogens with zero attached hydrogens (tertiary/aromatic N) is 2. The van der Waals surface area contributed by atoms with Gasteiger partial charge in [-0.05, 0) is 33.6 Å². The van der Waals surface area contributed by atoms with E-state index in [0.717, 1.165) is 21.4 Å². The van der Waals surface area contributed by atoms with Crippen molar-refractivity contribution in [3.8, 4) is 0 Å². The van der Waals surface area contributed by atoms with Crippen molar-refractivity contribution >= 4 is 27.5 Å². The van der Waals surface area contributed by atoms with Gasteiger partial charge >= 0.3 is 0 Å². The maximum Gasteiger partial charge on any atom is 0.224 e. The Hall–Kier alpha value is -2.14. The van der Waals surface area contributed by atoms with Crippen molar-refractivity contribution in [1.29, 1.82) is 0 Å². The van der Waals surface area contributed by atoms with E-state index in [1.54, 1.807) is 0 Å². The average Bonchev–Trinajstić information content (AvgIpc) is 2.88. The largest absolute Gasteiger partial charge is 0.350 e. The molecule has 0 saturated carbocycles. The van der Waals surface area contributed by atoms with Gasteiger partial charge in [0.2, 0.25) is 5.91 Å². The van der Waals surface area contributed by atoms with Crippen molar-refractivity contribution in [3.05, 3.63) is 70.6 Å².